The summed E-state index contributed by atoms with van der Waals surface area (Å²) in [5.41, 5.74) is 1.18. The van der Waals surface area contributed by atoms with Crippen molar-refractivity contribution in [1.29, 1.82) is 0 Å². The molecule has 2 aromatic carbocycles. The van der Waals surface area contributed by atoms with E-state index in [1.807, 2.05) is 0 Å². The molecule has 2 heterocycles. The van der Waals surface area contributed by atoms with Crippen LogP contribution in [0.3, 0.4) is 0 Å². The molecule has 0 radical (unpaired) electrons. The van der Waals surface area contributed by atoms with Crippen molar-refractivity contribution in [2.24, 2.45) is 0 Å². The van der Waals surface area contributed by atoms with Crippen molar-refractivity contribution in [2.75, 3.05) is 18.6 Å². The molecule has 3 aromatic rings. The molecule has 1 fully saturated rings. The summed E-state index contributed by atoms with van der Waals surface area (Å²) in [5.74, 6) is -2.42. The van der Waals surface area contributed by atoms with E-state index in [2.05, 4.69) is 4.98 Å². The first-order valence-corrected chi connectivity index (χ1v) is 12.3. The van der Waals surface area contributed by atoms with Gasteiger partial charge in [0.05, 0.1) is 35.9 Å². The molecule has 1 aliphatic heterocycles. The van der Waals surface area contributed by atoms with Crippen LogP contribution in [0.4, 0.5) is 10.8 Å². The largest absolute Gasteiger partial charge is 0.507 e. The van der Waals surface area contributed by atoms with Gasteiger partial charge in [-0.1, -0.05) is 11.3 Å². The topological polar surface area (TPSA) is 149 Å². The highest BCUT2D eigenvalue weighted by Gasteiger charge is 2.48. The van der Waals surface area contributed by atoms with E-state index in [1.54, 1.807) is 39.0 Å². The molecule has 0 saturated carbocycles. The normalized spacial score (nSPS) is 16.5. The smallest absolute Gasteiger partial charge is 0.350 e. The van der Waals surface area contributed by atoms with E-state index in [1.165, 1.54) is 31.4 Å². The Hall–Kier alpha value is -4.58. The van der Waals surface area contributed by atoms with Crippen molar-refractivity contribution in [2.45, 2.75) is 26.8 Å². The highest BCUT2D eigenvalue weighted by atomic mass is 32.1. The molecule has 0 unspecified atom stereocenters. The summed E-state index contributed by atoms with van der Waals surface area (Å²) in [5, 5.41) is 22.5. The molecule has 11 nitrogen and oxygen atoms in total. The lowest BCUT2D eigenvalue weighted by Gasteiger charge is -2.23. The van der Waals surface area contributed by atoms with Gasteiger partial charge in [0.25, 0.3) is 11.5 Å². The van der Waals surface area contributed by atoms with Gasteiger partial charge in [-0.25, -0.2) is 9.78 Å². The lowest BCUT2D eigenvalue weighted by molar-refractivity contribution is -0.384. The summed E-state index contributed by atoms with van der Waals surface area (Å²) >= 11 is 0.872. The number of carbonyl (C=O) groups is 3. The third-order valence-corrected chi connectivity index (χ3v) is 7.12. The number of hydrogen-bond donors (Lipinski definition) is 1. The summed E-state index contributed by atoms with van der Waals surface area (Å²) in [6.07, 6.45) is 0. The van der Waals surface area contributed by atoms with Crippen molar-refractivity contribution in [3.05, 3.63) is 85.4 Å². The number of methoxy groups -OCH3 is 1. The number of ether oxygens (including phenoxy) is 2. The van der Waals surface area contributed by atoms with Gasteiger partial charge in [-0.15, -0.1) is 0 Å². The Kier molecular flexibility index (Phi) is 7.26. The van der Waals surface area contributed by atoms with Crippen molar-refractivity contribution >= 4 is 45.6 Å². The number of non-ortho nitro benzene ring substituents is 1. The van der Waals surface area contributed by atoms with E-state index < -0.39 is 34.4 Å². The zero-order chi connectivity index (χ0) is 27.7. The van der Waals surface area contributed by atoms with Crippen LogP contribution in [0.1, 0.15) is 45.0 Å². The number of benzene rings is 2. The van der Waals surface area contributed by atoms with Gasteiger partial charge in [0.15, 0.2) is 5.13 Å². The standard InChI is InChI=1S/C26H23N3O8S/c1-5-37-25(33)23-14(3)27-26(38-23)28-20(15-6-9-17(10-7-15)29(34)35)19(22(31)24(28)32)21(30)16-8-11-18(36-4)13(2)12-16/h6-12,20,30H,5H2,1-4H3/b21-19+/t20-/m0/s1. The minimum Gasteiger partial charge on any atom is -0.507 e. The summed E-state index contributed by atoms with van der Waals surface area (Å²) in [6, 6.07) is 8.90. The van der Waals surface area contributed by atoms with Crippen LogP contribution in [-0.2, 0) is 14.3 Å². The number of ketones is 1. The van der Waals surface area contributed by atoms with Crippen LogP contribution in [0.25, 0.3) is 5.76 Å². The van der Waals surface area contributed by atoms with Gasteiger partial charge < -0.3 is 14.6 Å². The second-order valence-corrected chi connectivity index (χ2v) is 9.31. The van der Waals surface area contributed by atoms with E-state index in [0.29, 0.717) is 22.6 Å². The second-order valence-electron chi connectivity index (χ2n) is 8.33. The lowest BCUT2D eigenvalue weighted by Crippen LogP contribution is -2.29. The molecular formula is C26H23N3O8S. The molecule has 1 aromatic heterocycles. The molecule has 1 saturated heterocycles. The van der Waals surface area contributed by atoms with Crippen LogP contribution in [0.5, 0.6) is 5.75 Å². The van der Waals surface area contributed by atoms with Crippen molar-refractivity contribution in [1.82, 2.24) is 4.98 Å². The zero-order valence-corrected chi connectivity index (χ0v) is 21.7. The van der Waals surface area contributed by atoms with Crippen LogP contribution in [-0.4, -0.2) is 46.4 Å². The summed E-state index contributed by atoms with van der Waals surface area (Å²) in [6.45, 7) is 5.13. The first-order chi connectivity index (χ1) is 18.1. The number of aryl methyl sites for hydroxylation is 2. The van der Waals surface area contributed by atoms with Crippen molar-refractivity contribution < 1.29 is 33.9 Å². The van der Waals surface area contributed by atoms with E-state index in [9.17, 15) is 29.6 Å². The average Bonchev–Trinajstić information content (AvgIpc) is 3.40. The number of aliphatic hydroxyl groups is 1. The second kappa shape index (κ2) is 10.4. The number of nitrogens with zero attached hydrogens (tertiary/aromatic N) is 3. The molecule has 1 aliphatic rings. The molecule has 12 heteroatoms. The van der Waals surface area contributed by atoms with Crippen LogP contribution in [0, 0.1) is 24.0 Å². The number of carbonyl (C=O) groups excluding carboxylic acids is 3. The molecular weight excluding hydrogens is 514 g/mol. The van der Waals surface area contributed by atoms with Gasteiger partial charge >= 0.3 is 11.9 Å². The Morgan fingerprint density at radius 1 is 1.18 bits per heavy atom. The number of anilines is 1. The van der Waals surface area contributed by atoms with Gasteiger partial charge in [-0.3, -0.25) is 24.6 Å². The maximum absolute atomic E-state index is 13.3. The van der Waals surface area contributed by atoms with Gasteiger partial charge in [0.2, 0.25) is 0 Å². The molecule has 0 aliphatic carbocycles. The maximum Gasteiger partial charge on any atom is 0.350 e. The summed E-state index contributed by atoms with van der Waals surface area (Å²) in [7, 11) is 1.50. The highest BCUT2D eigenvalue weighted by molar-refractivity contribution is 7.17. The van der Waals surface area contributed by atoms with Crippen molar-refractivity contribution in [3.63, 3.8) is 0 Å². The van der Waals surface area contributed by atoms with E-state index in [4.69, 9.17) is 9.47 Å². The first kappa shape index (κ1) is 26.5. The van der Waals surface area contributed by atoms with E-state index in [-0.39, 0.29) is 33.4 Å². The third kappa shape index (κ3) is 4.61. The SMILES string of the molecule is CCOC(=O)c1sc(N2C(=O)C(=O)/C(=C(/O)c3ccc(OC)c(C)c3)[C@@H]2c2ccc([N+](=O)[O-])cc2)nc1C. The van der Waals surface area contributed by atoms with Gasteiger partial charge in [0.1, 0.15) is 16.4 Å². The Morgan fingerprint density at radius 3 is 2.45 bits per heavy atom. The Balaban J connectivity index is 1.92. The van der Waals surface area contributed by atoms with Crippen LogP contribution < -0.4 is 9.64 Å². The zero-order valence-electron chi connectivity index (χ0n) is 20.9. The number of hydrogen-bond acceptors (Lipinski definition) is 10. The number of nitro benzene ring substituents is 1. The Labute approximate surface area is 221 Å². The quantitative estimate of drug-likeness (QED) is 0.115. The molecule has 4 rings (SSSR count). The van der Waals surface area contributed by atoms with Gasteiger partial charge in [-0.2, -0.15) is 0 Å². The fourth-order valence-electron chi connectivity index (χ4n) is 4.18. The van der Waals surface area contributed by atoms with Gasteiger partial charge in [-0.05, 0) is 62.2 Å². The third-order valence-electron chi connectivity index (χ3n) is 5.98. The van der Waals surface area contributed by atoms with Crippen molar-refractivity contribution in [3.8, 4) is 5.75 Å². The summed E-state index contributed by atoms with van der Waals surface area (Å²) < 4.78 is 10.3. The molecule has 0 spiro atoms. The fraction of sp³-hybridized carbons (Fsp3) is 0.231. The Bertz CT molecular complexity index is 1490. The van der Waals surface area contributed by atoms with E-state index >= 15 is 0 Å². The Morgan fingerprint density at radius 2 is 1.87 bits per heavy atom. The summed E-state index contributed by atoms with van der Waals surface area (Å²) in [4.78, 5) is 55.3. The minimum absolute atomic E-state index is 0.0426. The molecule has 1 atom stereocenters. The number of Topliss-reactive ketones (excluding diaryl/α,β-unsaturated/α-hetero) is 1. The number of amides is 1. The van der Waals surface area contributed by atoms with Crippen LogP contribution in [0.15, 0.2) is 48.0 Å². The predicted molar refractivity (Wildman–Crippen MR) is 138 cm³/mol. The molecule has 1 amide bonds. The lowest BCUT2D eigenvalue weighted by atomic mass is 9.94. The number of esters is 1. The average molecular weight is 538 g/mol. The first-order valence-electron chi connectivity index (χ1n) is 11.4. The number of nitro groups is 1. The minimum atomic E-state index is -1.17. The van der Waals surface area contributed by atoms with Crippen LogP contribution in [0.2, 0.25) is 0 Å². The number of aromatic nitrogens is 1. The number of thiazole rings is 1. The van der Waals surface area contributed by atoms with E-state index in [0.717, 1.165) is 16.2 Å². The van der Waals surface area contributed by atoms with Gasteiger partial charge in [0, 0.05) is 17.7 Å². The van der Waals surface area contributed by atoms with Crippen LogP contribution >= 0.6 is 11.3 Å². The fourth-order valence-corrected chi connectivity index (χ4v) is 5.16. The molecule has 0 bridgehead atoms. The monoisotopic (exact) mass is 537 g/mol. The molecule has 1 N–H and O–H groups in total. The molecule has 196 valence electrons. The molecule has 38 heavy (non-hydrogen) atoms. The number of rotatable bonds is 7. The highest BCUT2D eigenvalue weighted by Crippen LogP contribution is 2.44. The number of aliphatic hydroxyl groups excluding tert-OH is 1. The maximum atomic E-state index is 13.3. The predicted octanol–water partition coefficient (Wildman–Crippen LogP) is 4.48.